The van der Waals surface area contributed by atoms with Crippen LogP contribution in [0, 0.1) is 0 Å². The van der Waals surface area contributed by atoms with Gasteiger partial charge in [-0.3, -0.25) is 4.79 Å². The third kappa shape index (κ3) is 4.47. The number of amides is 1. The summed E-state index contributed by atoms with van der Waals surface area (Å²) in [4.78, 5) is 22.8. The van der Waals surface area contributed by atoms with Crippen LogP contribution >= 0.6 is 0 Å². The van der Waals surface area contributed by atoms with E-state index >= 15 is 0 Å². The minimum Gasteiger partial charge on any atom is -0.496 e. The minimum absolute atomic E-state index is 0.181. The van der Waals surface area contributed by atoms with E-state index in [4.69, 9.17) is 4.74 Å². The number of hydrogen-bond donors (Lipinski definition) is 1. The highest BCUT2D eigenvalue weighted by molar-refractivity contribution is 5.77. The first-order chi connectivity index (χ1) is 12.3. The average Bonchev–Trinajstić information content (AvgIpc) is 3.11. The van der Waals surface area contributed by atoms with Crippen LogP contribution in [0.4, 0.5) is 5.95 Å². The van der Waals surface area contributed by atoms with Gasteiger partial charge in [0.15, 0.2) is 0 Å². The third-order valence-corrected chi connectivity index (χ3v) is 4.53. The van der Waals surface area contributed by atoms with E-state index in [1.165, 1.54) is 0 Å². The van der Waals surface area contributed by atoms with Crippen molar-refractivity contribution in [2.24, 2.45) is 0 Å². The fourth-order valence-corrected chi connectivity index (χ4v) is 3.32. The van der Waals surface area contributed by atoms with Crippen LogP contribution in [0.5, 0.6) is 5.75 Å². The molecule has 0 aliphatic carbocycles. The van der Waals surface area contributed by atoms with Crippen molar-refractivity contribution in [2.45, 2.75) is 31.7 Å². The number of nitrogens with zero attached hydrogens (tertiary/aromatic N) is 3. The molecule has 132 valence electrons. The van der Waals surface area contributed by atoms with Gasteiger partial charge in [0.1, 0.15) is 5.75 Å². The number of nitrogens with one attached hydrogen (secondary N) is 1. The Morgan fingerprint density at radius 3 is 2.88 bits per heavy atom. The van der Waals surface area contributed by atoms with Gasteiger partial charge in [-0.25, -0.2) is 9.97 Å². The molecule has 1 aromatic carbocycles. The van der Waals surface area contributed by atoms with E-state index in [0.29, 0.717) is 18.9 Å². The molecule has 2 aromatic rings. The molecular formula is C19H24N4O2. The lowest BCUT2D eigenvalue weighted by atomic mass is 10.0. The number of anilines is 1. The molecule has 0 spiro atoms. The first-order valence-electron chi connectivity index (χ1n) is 8.70. The number of methoxy groups -OCH3 is 1. The summed E-state index contributed by atoms with van der Waals surface area (Å²) in [7, 11) is 1.69. The van der Waals surface area contributed by atoms with Crippen molar-refractivity contribution in [3.8, 4) is 5.75 Å². The Bertz CT molecular complexity index is 693. The molecule has 1 amide bonds. The Hall–Kier alpha value is -2.63. The quantitative estimate of drug-likeness (QED) is 0.839. The van der Waals surface area contributed by atoms with Gasteiger partial charge in [0.05, 0.1) is 7.11 Å². The molecule has 1 aliphatic rings. The Kier molecular flexibility index (Phi) is 5.82. The molecule has 1 unspecified atom stereocenters. The second-order valence-electron chi connectivity index (χ2n) is 6.15. The van der Waals surface area contributed by atoms with Crippen molar-refractivity contribution >= 4 is 11.9 Å². The summed E-state index contributed by atoms with van der Waals surface area (Å²) in [5.74, 6) is 1.63. The molecule has 2 heterocycles. The van der Waals surface area contributed by atoms with Crippen LogP contribution in [0.2, 0.25) is 0 Å². The van der Waals surface area contributed by atoms with Crippen LogP contribution < -0.4 is 10.1 Å². The number of hydrogen-bond acceptors (Lipinski definition) is 5. The molecule has 0 saturated carbocycles. The van der Waals surface area contributed by atoms with Crippen LogP contribution in [0.3, 0.4) is 0 Å². The second kappa shape index (κ2) is 8.46. The van der Waals surface area contributed by atoms with E-state index in [9.17, 15) is 4.79 Å². The minimum atomic E-state index is 0.181. The van der Waals surface area contributed by atoms with Gasteiger partial charge in [0.2, 0.25) is 11.9 Å². The topological polar surface area (TPSA) is 67.3 Å². The van der Waals surface area contributed by atoms with E-state index in [1.807, 2.05) is 23.1 Å². The summed E-state index contributed by atoms with van der Waals surface area (Å²) in [6.07, 6.45) is 6.74. The summed E-state index contributed by atoms with van der Waals surface area (Å²) in [6, 6.07) is 10.0. The Morgan fingerprint density at radius 1 is 1.28 bits per heavy atom. The number of carbonyl (C=O) groups is 1. The van der Waals surface area contributed by atoms with Crippen LogP contribution in [-0.2, 0) is 11.2 Å². The predicted octanol–water partition coefficient (Wildman–Crippen LogP) is 2.52. The number of likely N-dealkylation sites (tertiary alicyclic amines) is 1. The summed E-state index contributed by atoms with van der Waals surface area (Å²) >= 11 is 0. The number of ether oxygens (including phenoxy) is 1. The molecule has 1 saturated heterocycles. The molecule has 1 N–H and O–H groups in total. The molecule has 25 heavy (non-hydrogen) atoms. The zero-order valence-corrected chi connectivity index (χ0v) is 14.5. The van der Waals surface area contributed by atoms with Crippen LogP contribution in [0.15, 0.2) is 42.7 Å². The highest BCUT2D eigenvalue weighted by atomic mass is 16.5. The molecule has 1 aliphatic heterocycles. The first kappa shape index (κ1) is 17.2. The summed E-state index contributed by atoms with van der Waals surface area (Å²) in [6.45, 7) is 1.38. The number of benzene rings is 1. The highest BCUT2D eigenvalue weighted by Crippen LogP contribution is 2.26. The molecule has 6 heteroatoms. The summed E-state index contributed by atoms with van der Waals surface area (Å²) in [5.41, 5.74) is 1.16. The Morgan fingerprint density at radius 2 is 2.08 bits per heavy atom. The second-order valence-corrected chi connectivity index (χ2v) is 6.15. The highest BCUT2D eigenvalue weighted by Gasteiger charge is 2.29. The number of aromatic nitrogens is 2. The maximum atomic E-state index is 12.6. The Labute approximate surface area is 148 Å². The van der Waals surface area contributed by atoms with Crippen molar-refractivity contribution in [2.75, 3.05) is 25.5 Å². The third-order valence-electron chi connectivity index (χ3n) is 4.53. The molecule has 0 bridgehead atoms. The first-order valence-corrected chi connectivity index (χ1v) is 8.70. The molecule has 1 fully saturated rings. The molecule has 1 aromatic heterocycles. The van der Waals surface area contributed by atoms with Crippen LogP contribution in [-0.4, -0.2) is 47.0 Å². The molecule has 1 atom stereocenters. The normalized spacial score (nSPS) is 16.7. The maximum Gasteiger partial charge on any atom is 0.224 e. The van der Waals surface area contributed by atoms with Gasteiger partial charge in [-0.1, -0.05) is 18.2 Å². The van der Waals surface area contributed by atoms with Gasteiger partial charge < -0.3 is 15.0 Å². The van der Waals surface area contributed by atoms with Crippen LogP contribution in [0.25, 0.3) is 0 Å². The van der Waals surface area contributed by atoms with Crippen molar-refractivity contribution in [3.05, 3.63) is 48.3 Å². The van der Waals surface area contributed by atoms with E-state index < -0.39 is 0 Å². The maximum absolute atomic E-state index is 12.6. The fourth-order valence-electron chi connectivity index (χ4n) is 3.32. The van der Waals surface area contributed by atoms with E-state index in [-0.39, 0.29) is 11.9 Å². The van der Waals surface area contributed by atoms with Gasteiger partial charge >= 0.3 is 0 Å². The van der Waals surface area contributed by atoms with E-state index in [0.717, 1.165) is 37.1 Å². The van der Waals surface area contributed by atoms with Gasteiger partial charge in [0.25, 0.3) is 0 Å². The number of carbonyl (C=O) groups excluding carboxylic acids is 1. The standard InChI is InChI=1S/C19H24N4O2/c1-25-17-8-3-2-6-15(17)14-16-7-4-13-23(16)18(24)9-12-22-19-20-10-5-11-21-19/h2-3,5-6,8,10-11,16H,4,7,9,12-14H2,1H3,(H,20,21,22). The SMILES string of the molecule is COc1ccccc1CC1CCCN1C(=O)CCNc1ncccn1. The zero-order valence-electron chi connectivity index (χ0n) is 14.5. The lowest BCUT2D eigenvalue weighted by molar-refractivity contribution is -0.131. The number of rotatable bonds is 7. The smallest absolute Gasteiger partial charge is 0.224 e. The fraction of sp³-hybridized carbons (Fsp3) is 0.421. The predicted molar refractivity (Wildman–Crippen MR) is 96.6 cm³/mol. The summed E-state index contributed by atoms with van der Waals surface area (Å²) in [5, 5.41) is 3.09. The molecule has 3 rings (SSSR count). The van der Waals surface area contributed by atoms with Gasteiger partial charge in [-0.2, -0.15) is 0 Å². The van der Waals surface area contributed by atoms with E-state index in [1.54, 1.807) is 25.6 Å². The summed E-state index contributed by atoms with van der Waals surface area (Å²) < 4.78 is 5.44. The average molecular weight is 340 g/mol. The lowest BCUT2D eigenvalue weighted by Gasteiger charge is -2.25. The van der Waals surface area contributed by atoms with Gasteiger partial charge in [-0.05, 0) is 37.0 Å². The largest absolute Gasteiger partial charge is 0.496 e. The van der Waals surface area contributed by atoms with Crippen molar-refractivity contribution in [1.29, 1.82) is 0 Å². The molecular weight excluding hydrogens is 316 g/mol. The van der Waals surface area contributed by atoms with Gasteiger partial charge in [0, 0.05) is 37.9 Å². The lowest BCUT2D eigenvalue weighted by Crippen LogP contribution is -2.37. The Balaban J connectivity index is 1.54. The molecule has 6 nitrogen and oxygen atoms in total. The monoisotopic (exact) mass is 340 g/mol. The van der Waals surface area contributed by atoms with E-state index in [2.05, 4.69) is 21.4 Å². The zero-order chi connectivity index (χ0) is 17.5. The van der Waals surface area contributed by atoms with Crippen molar-refractivity contribution < 1.29 is 9.53 Å². The number of para-hydroxylation sites is 1. The van der Waals surface area contributed by atoms with Crippen molar-refractivity contribution in [3.63, 3.8) is 0 Å². The van der Waals surface area contributed by atoms with Gasteiger partial charge in [-0.15, -0.1) is 0 Å². The molecule has 0 radical (unpaired) electrons. The van der Waals surface area contributed by atoms with Crippen molar-refractivity contribution in [1.82, 2.24) is 14.9 Å². The van der Waals surface area contributed by atoms with Crippen LogP contribution in [0.1, 0.15) is 24.8 Å².